The van der Waals surface area contributed by atoms with Crippen molar-refractivity contribution < 1.29 is 13.2 Å². The molecule has 0 aromatic heterocycles. The molecule has 0 fully saturated rings. The summed E-state index contributed by atoms with van der Waals surface area (Å²) in [5.74, 6) is -3.63. The standard InChI is InChI=1S/C11H9F3/c12-9-5-8(6-10(13)11(9)14)7-3-1-2-4-7/h3,5-6H,1-2,4H2. The van der Waals surface area contributed by atoms with Gasteiger partial charge in [-0.25, -0.2) is 13.2 Å². The van der Waals surface area contributed by atoms with Crippen LogP contribution in [0.2, 0.25) is 0 Å². The molecule has 0 unspecified atom stereocenters. The molecule has 0 saturated carbocycles. The molecule has 0 nitrogen and oxygen atoms in total. The zero-order chi connectivity index (χ0) is 10.1. The molecule has 1 aromatic rings. The SMILES string of the molecule is Fc1cc(C2=CCCC2)cc(F)c1F. The van der Waals surface area contributed by atoms with Crippen molar-refractivity contribution in [3.63, 3.8) is 0 Å². The molecular weight excluding hydrogens is 189 g/mol. The maximum absolute atomic E-state index is 12.9. The van der Waals surface area contributed by atoms with Crippen molar-refractivity contribution in [3.05, 3.63) is 41.2 Å². The quantitative estimate of drug-likeness (QED) is 0.604. The summed E-state index contributed by atoms with van der Waals surface area (Å²) in [5, 5.41) is 0. The highest BCUT2D eigenvalue weighted by Gasteiger charge is 2.14. The van der Waals surface area contributed by atoms with Crippen molar-refractivity contribution >= 4 is 5.57 Å². The normalized spacial score (nSPS) is 15.8. The molecule has 0 saturated heterocycles. The van der Waals surface area contributed by atoms with E-state index >= 15 is 0 Å². The highest BCUT2D eigenvalue weighted by Crippen LogP contribution is 2.29. The first-order chi connectivity index (χ1) is 6.68. The molecule has 0 amide bonds. The molecule has 74 valence electrons. The molecule has 0 N–H and O–H groups in total. The van der Waals surface area contributed by atoms with Crippen molar-refractivity contribution in [2.24, 2.45) is 0 Å². The second kappa shape index (κ2) is 3.48. The van der Waals surface area contributed by atoms with Crippen molar-refractivity contribution in [1.29, 1.82) is 0 Å². The van der Waals surface area contributed by atoms with Gasteiger partial charge < -0.3 is 0 Å². The van der Waals surface area contributed by atoms with Crippen LogP contribution < -0.4 is 0 Å². The molecule has 1 aromatic carbocycles. The molecule has 0 aliphatic heterocycles. The van der Waals surface area contributed by atoms with E-state index in [2.05, 4.69) is 0 Å². The summed E-state index contributed by atoms with van der Waals surface area (Å²) < 4.78 is 38.3. The van der Waals surface area contributed by atoms with Gasteiger partial charge in [0.15, 0.2) is 17.5 Å². The van der Waals surface area contributed by atoms with Crippen LogP contribution in [0.4, 0.5) is 13.2 Å². The van der Waals surface area contributed by atoms with E-state index in [1.54, 1.807) is 0 Å². The molecule has 0 atom stereocenters. The lowest BCUT2D eigenvalue weighted by Gasteiger charge is -2.03. The van der Waals surface area contributed by atoms with Crippen LogP contribution in [0.25, 0.3) is 5.57 Å². The first-order valence-electron chi connectivity index (χ1n) is 4.52. The summed E-state index contributed by atoms with van der Waals surface area (Å²) in [7, 11) is 0. The lowest BCUT2D eigenvalue weighted by molar-refractivity contribution is 0.446. The van der Waals surface area contributed by atoms with Crippen LogP contribution in [0.1, 0.15) is 24.8 Å². The minimum absolute atomic E-state index is 0.457. The maximum Gasteiger partial charge on any atom is 0.194 e. The fourth-order valence-corrected chi connectivity index (χ4v) is 1.67. The Balaban J connectivity index is 2.45. The average molecular weight is 198 g/mol. The van der Waals surface area contributed by atoms with Crippen LogP contribution in [0.5, 0.6) is 0 Å². The van der Waals surface area contributed by atoms with E-state index < -0.39 is 17.5 Å². The number of hydrogen-bond donors (Lipinski definition) is 0. The van der Waals surface area contributed by atoms with Crippen LogP contribution >= 0.6 is 0 Å². The van der Waals surface area contributed by atoms with Crippen molar-refractivity contribution in [2.75, 3.05) is 0 Å². The molecule has 0 radical (unpaired) electrons. The molecule has 1 aliphatic rings. The number of rotatable bonds is 1. The zero-order valence-corrected chi connectivity index (χ0v) is 7.49. The van der Waals surface area contributed by atoms with Gasteiger partial charge in [-0.15, -0.1) is 0 Å². The summed E-state index contributed by atoms with van der Waals surface area (Å²) in [6, 6.07) is 2.10. The van der Waals surface area contributed by atoms with E-state index in [-0.39, 0.29) is 0 Å². The van der Waals surface area contributed by atoms with E-state index in [1.807, 2.05) is 6.08 Å². The lowest BCUT2D eigenvalue weighted by atomic mass is 10.1. The predicted molar refractivity (Wildman–Crippen MR) is 48.1 cm³/mol. The van der Waals surface area contributed by atoms with Crippen LogP contribution in [-0.2, 0) is 0 Å². The number of allylic oxidation sites excluding steroid dienone is 2. The van der Waals surface area contributed by atoms with E-state index in [0.29, 0.717) is 5.56 Å². The molecule has 3 heteroatoms. The topological polar surface area (TPSA) is 0 Å². The molecule has 0 spiro atoms. The highest BCUT2D eigenvalue weighted by molar-refractivity contribution is 5.67. The summed E-state index contributed by atoms with van der Waals surface area (Å²) in [4.78, 5) is 0. The van der Waals surface area contributed by atoms with Gasteiger partial charge in [0.25, 0.3) is 0 Å². The van der Waals surface area contributed by atoms with Gasteiger partial charge in [-0.2, -0.15) is 0 Å². The van der Waals surface area contributed by atoms with Crippen molar-refractivity contribution in [3.8, 4) is 0 Å². The monoisotopic (exact) mass is 198 g/mol. The lowest BCUT2D eigenvalue weighted by Crippen LogP contribution is -1.93. The summed E-state index contributed by atoms with van der Waals surface area (Å²) in [6.07, 6.45) is 4.67. The van der Waals surface area contributed by atoms with Crippen LogP contribution in [-0.4, -0.2) is 0 Å². The zero-order valence-electron chi connectivity index (χ0n) is 7.49. The van der Waals surface area contributed by atoms with Crippen LogP contribution in [0, 0.1) is 17.5 Å². The fraction of sp³-hybridized carbons (Fsp3) is 0.273. The van der Waals surface area contributed by atoms with Crippen molar-refractivity contribution in [2.45, 2.75) is 19.3 Å². The third-order valence-corrected chi connectivity index (χ3v) is 2.40. The Morgan fingerprint density at radius 3 is 2.14 bits per heavy atom. The van der Waals surface area contributed by atoms with Gasteiger partial charge in [-0.05, 0) is 42.5 Å². The first-order valence-corrected chi connectivity index (χ1v) is 4.52. The third kappa shape index (κ3) is 1.54. The van der Waals surface area contributed by atoms with Gasteiger partial charge in [0, 0.05) is 0 Å². The second-order valence-electron chi connectivity index (χ2n) is 3.38. The molecule has 2 rings (SSSR count). The summed E-state index contributed by atoms with van der Waals surface area (Å²) >= 11 is 0. The highest BCUT2D eigenvalue weighted by atomic mass is 19.2. The first kappa shape index (κ1) is 9.31. The summed E-state index contributed by atoms with van der Waals surface area (Å²) in [6.45, 7) is 0. The van der Waals surface area contributed by atoms with Gasteiger partial charge in [0.2, 0.25) is 0 Å². The molecule has 0 heterocycles. The Labute approximate surface area is 80.1 Å². The van der Waals surface area contributed by atoms with Gasteiger partial charge in [-0.1, -0.05) is 6.08 Å². The minimum atomic E-state index is -1.40. The van der Waals surface area contributed by atoms with Gasteiger partial charge in [-0.3, -0.25) is 0 Å². The Hall–Kier alpha value is -1.25. The second-order valence-corrected chi connectivity index (χ2v) is 3.38. The van der Waals surface area contributed by atoms with Crippen molar-refractivity contribution in [1.82, 2.24) is 0 Å². The molecule has 14 heavy (non-hydrogen) atoms. The Kier molecular flexibility index (Phi) is 2.32. The average Bonchev–Trinajstić information content (AvgIpc) is 2.66. The van der Waals surface area contributed by atoms with Gasteiger partial charge in [0.1, 0.15) is 0 Å². The Morgan fingerprint density at radius 2 is 1.64 bits per heavy atom. The number of benzene rings is 1. The molecule has 1 aliphatic carbocycles. The minimum Gasteiger partial charge on any atom is -0.204 e. The number of hydrogen-bond acceptors (Lipinski definition) is 0. The van der Waals surface area contributed by atoms with Crippen LogP contribution in [0.3, 0.4) is 0 Å². The Morgan fingerprint density at radius 1 is 1.00 bits per heavy atom. The van der Waals surface area contributed by atoms with E-state index in [0.717, 1.165) is 37.0 Å². The van der Waals surface area contributed by atoms with Gasteiger partial charge >= 0.3 is 0 Å². The van der Waals surface area contributed by atoms with E-state index in [1.165, 1.54) is 0 Å². The predicted octanol–water partition coefficient (Wildman–Crippen LogP) is 3.67. The Bertz CT molecular complexity index is 371. The fourth-order valence-electron chi connectivity index (χ4n) is 1.67. The smallest absolute Gasteiger partial charge is 0.194 e. The van der Waals surface area contributed by atoms with Gasteiger partial charge in [0.05, 0.1) is 0 Å². The number of halogens is 3. The molecule has 0 bridgehead atoms. The van der Waals surface area contributed by atoms with E-state index in [9.17, 15) is 13.2 Å². The maximum atomic E-state index is 12.9. The largest absolute Gasteiger partial charge is 0.204 e. The van der Waals surface area contributed by atoms with E-state index in [4.69, 9.17) is 0 Å². The molecular formula is C11H9F3. The van der Waals surface area contributed by atoms with Crippen LogP contribution in [0.15, 0.2) is 18.2 Å². The summed E-state index contributed by atoms with van der Waals surface area (Å²) in [5.41, 5.74) is 1.36. The third-order valence-electron chi connectivity index (χ3n) is 2.40.